The number of rotatable bonds is 5. The zero-order valence-corrected chi connectivity index (χ0v) is 14.6. The number of hydrogen-bond donors (Lipinski definition) is 0. The van der Waals surface area contributed by atoms with Gasteiger partial charge in [-0.1, -0.05) is 42.5 Å². The summed E-state index contributed by atoms with van der Waals surface area (Å²) in [5, 5.41) is 6.38. The van der Waals surface area contributed by atoms with Gasteiger partial charge in [-0.15, -0.1) is 0 Å². The van der Waals surface area contributed by atoms with E-state index in [1.54, 1.807) is 4.68 Å². The molecule has 0 aliphatic heterocycles. The van der Waals surface area contributed by atoms with Crippen LogP contribution in [0.25, 0.3) is 21.9 Å². The van der Waals surface area contributed by atoms with E-state index in [4.69, 9.17) is 0 Å². The minimum absolute atomic E-state index is 0.173. The molecular formula is C22H19N3O. The second-order valence-corrected chi connectivity index (χ2v) is 6.52. The third kappa shape index (κ3) is 3.54. The van der Waals surface area contributed by atoms with Crippen LogP contribution in [-0.4, -0.2) is 20.5 Å². The first kappa shape index (κ1) is 16.2. The van der Waals surface area contributed by atoms with Crippen LogP contribution >= 0.6 is 0 Å². The molecule has 128 valence electrons. The van der Waals surface area contributed by atoms with Crippen molar-refractivity contribution in [1.29, 1.82) is 0 Å². The van der Waals surface area contributed by atoms with Crippen molar-refractivity contribution in [2.24, 2.45) is 7.05 Å². The summed E-state index contributed by atoms with van der Waals surface area (Å²) in [4.78, 5) is 16.8. The van der Waals surface area contributed by atoms with Gasteiger partial charge in [-0.25, -0.2) is 0 Å². The van der Waals surface area contributed by atoms with Gasteiger partial charge in [0.15, 0.2) is 0 Å². The first-order valence-electron chi connectivity index (χ1n) is 8.61. The lowest BCUT2D eigenvalue weighted by Crippen LogP contribution is -2.07. The summed E-state index contributed by atoms with van der Waals surface area (Å²) in [5.74, 6) is 0.173. The molecule has 4 heteroatoms. The summed E-state index contributed by atoms with van der Waals surface area (Å²) in [5.41, 5.74) is 4.03. The van der Waals surface area contributed by atoms with Crippen molar-refractivity contribution in [3.8, 4) is 11.1 Å². The summed E-state index contributed by atoms with van der Waals surface area (Å²) in [6, 6.07) is 18.1. The zero-order valence-electron chi connectivity index (χ0n) is 14.6. The molecule has 26 heavy (non-hydrogen) atoms. The number of Topliss-reactive ketones (excluding diaryl/α,β-unsaturated/α-hetero) is 1. The molecule has 2 aromatic carbocycles. The van der Waals surface area contributed by atoms with E-state index < -0.39 is 0 Å². The minimum Gasteiger partial charge on any atom is -0.299 e. The highest BCUT2D eigenvalue weighted by Crippen LogP contribution is 2.24. The number of pyridine rings is 1. The smallest absolute Gasteiger partial charge is 0.143 e. The van der Waals surface area contributed by atoms with Crippen LogP contribution in [0.3, 0.4) is 0 Å². The van der Waals surface area contributed by atoms with Crippen molar-refractivity contribution >= 4 is 16.6 Å². The fraction of sp³-hybridized carbons (Fsp3) is 0.136. The van der Waals surface area contributed by atoms with Crippen LogP contribution < -0.4 is 0 Å². The number of carbonyl (C=O) groups excluding carboxylic acids is 1. The van der Waals surface area contributed by atoms with Gasteiger partial charge < -0.3 is 0 Å². The number of benzene rings is 2. The lowest BCUT2D eigenvalue weighted by Gasteiger charge is -2.05. The van der Waals surface area contributed by atoms with E-state index in [1.165, 1.54) is 0 Å². The molecule has 0 aliphatic rings. The molecule has 4 rings (SSSR count). The SMILES string of the molecule is Cn1cc(-c2ccc3cnc(CC(=O)Cc4ccccc4)cc3c2)cn1. The fourth-order valence-electron chi connectivity index (χ4n) is 3.12. The average Bonchev–Trinajstić information content (AvgIpc) is 3.08. The maximum Gasteiger partial charge on any atom is 0.143 e. The molecule has 0 fully saturated rings. The molecule has 0 saturated carbocycles. The Morgan fingerprint density at radius 2 is 1.77 bits per heavy atom. The lowest BCUT2D eigenvalue weighted by molar-refractivity contribution is -0.117. The van der Waals surface area contributed by atoms with Crippen LogP contribution in [0, 0.1) is 0 Å². The van der Waals surface area contributed by atoms with Gasteiger partial charge in [0, 0.05) is 48.9 Å². The van der Waals surface area contributed by atoms with Crippen molar-refractivity contribution in [1.82, 2.24) is 14.8 Å². The molecule has 0 amide bonds. The molecule has 2 heterocycles. The number of aryl methyl sites for hydroxylation is 1. The molecular weight excluding hydrogens is 322 g/mol. The van der Waals surface area contributed by atoms with Crippen molar-refractivity contribution in [2.45, 2.75) is 12.8 Å². The van der Waals surface area contributed by atoms with E-state index in [1.807, 2.05) is 62.0 Å². The highest BCUT2D eigenvalue weighted by molar-refractivity contribution is 5.88. The average molecular weight is 341 g/mol. The summed E-state index contributed by atoms with van der Waals surface area (Å²) >= 11 is 0. The highest BCUT2D eigenvalue weighted by atomic mass is 16.1. The van der Waals surface area contributed by atoms with E-state index in [-0.39, 0.29) is 5.78 Å². The van der Waals surface area contributed by atoms with E-state index >= 15 is 0 Å². The molecule has 4 aromatic rings. The van der Waals surface area contributed by atoms with Crippen LogP contribution in [-0.2, 0) is 24.7 Å². The number of carbonyl (C=O) groups is 1. The topological polar surface area (TPSA) is 47.8 Å². The molecule has 0 radical (unpaired) electrons. The van der Waals surface area contributed by atoms with Crippen LogP contribution in [0.2, 0.25) is 0 Å². The third-order valence-electron chi connectivity index (χ3n) is 4.44. The standard InChI is InChI=1S/C22H19N3O/c1-25-15-20(14-24-25)17-7-8-18-13-23-21(11-19(18)10-17)12-22(26)9-16-5-3-2-4-6-16/h2-8,10-11,13-15H,9,12H2,1H3. The van der Waals surface area contributed by atoms with Gasteiger partial charge >= 0.3 is 0 Å². The Morgan fingerprint density at radius 1 is 0.923 bits per heavy atom. The molecule has 2 aromatic heterocycles. The first-order valence-corrected chi connectivity index (χ1v) is 8.61. The number of hydrogen-bond acceptors (Lipinski definition) is 3. The summed E-state index contributed by atoms with van der Waals surface area (Å²) in [6.45, 7) is 0. The molecule has 0 unspecified atom stereocenters. The quantitative estimate of drug-likeness (QED) is 0.551. The van der Waals surface area contributed by atoms with Crippen LogP contribution in [0.5, 0.6) is 0 Å². The van der Waals surface area contributed by atoms with Gasteiger partial charge in [0.1, 0.15) is 5.78 Å². The number of ketones is 1. The van der Waals surface area contributed by atoms with E-state index in [0.29, 0.717) is 12.8 Å². The summed E-state index contributed by atoms with van der Waals surface area (Å²) in [7, 11) is 1.91. The second-order valence-electron chi connectivity index (χ2n) is 6.52. The third-order valence-corrected chi connectivity index (χ3v) is 4.44. The van der Waals surface area contributed by atoms with Gasteiger partial charge in [0.25, 0.3) is 0 Å². The minimum atomic E-state index is 0.173. The van der Waals surface area contributed by atoms with Gasteiger partial charge in [0.2, 0.25) is 0 Å². The van der Waals surface area contributed by atoms with Crippen molar-refractivity contribution in [3.05, 3.63) is 84.4 Å². The Balaban J connectivity index is 1.57. The number of nitrogens with zero attached hydrogens (tertiary/aromatic N) is 3. The predicted octanol–water partition coefficient (Wildman–Crippen LogP) is 3.99. The van der Waals surface area contributed by atoms with Crippen LogP contribution in [0.4, 0.5) is 0 Å². The Morgan fingerprint density at radius 3 is 2.54 bits per heavy atom. The Kier molecular flexibility index (Phi) is 4.32. The second kappa shape index (κ2) is 6.92. The van der Waals surface area contributed by atoms with Gasteiger partial charge in [0.05, 0.1) is 6.20 Å². The number of fused-ring (bicyclic) bond motifs is 1. The Bertz CT molecular complexity index is 1070. The predicted molar refractivity (Wildman–Crippen MR) is 103 cm³/mol. The first-order chi connectivity index (χ1) is 12.7. The van der Waals surface area contributed by atoms with E-state index in [0.717, 1.165) is 33.2 Å². The van der Waals surface area contributed by atoms with Crippen LogP contribution in [0.15, 0.2) is 73.2 Å². The van der Waals surface area contributed by atoms with Gasteiger partial charge in [-0.2, -0.15) is 5.10 Å². The maximum absolute atomic E-state index is 12.4. The summed E-state index contributed by atoms with van der Waals surface area (Å²) in [6.07, 6.45) is 6.48. The highest BCUT2D eigenvalue weighted by Gasteiger charge is 2.08. The zero-order chi connectivity index (χ0) is 17.9. The van der Waals surface area contributed by atoms with Gasteiger partial charge in [-0.3, -0.25) is 14.5 Å². The molecule has 0 bridgehead atoms. The Hall–Kier alpha value is -3.27. The number of aromatic nitrogens is 3. The normalized spacial score (nSPS) is 11.0. The van der Waals surface area contributed by atoms with Crippen LogP contribution in [0.1, 0.15) is 11.3 Å². The molecule has 0 saturated heterocycles. The largest absolute Gasteiger partial charge is 0.299 e. The van der Waals surface area contributed by atoms with Crippen molar-refractivity contribution < 1.29 is 4.79 Å². The van der Waals surface area contributed by atoms with E-state index in [2.05, 4.69) is 28.3 Å². The van der Waals surface area contributed by atoms with E-state index in [9.17, 15) is 4.79 Å². The van der Waals surface area contributed by atoms with Gasteiger partial charge in [-0.05, 0) is 28.6 Å². The molecule has 0 aliphatic carbocycles. The molecule has 0 N–H and O–H groups in total. The lowest BCUT2D eigenvalue weighted by atomic mass is 10.0. The van der Waals surface area contributed by atoms with Crippen molar-refractivity contribution in [2.75, 3.05) is 0 Å². The molecule has 0 spiro atoms. The monoisotopic (exact) mass is 341 g/mol. The summed E-state index contributed by atoms with van der Waals surface area (Å²) < 4.78 is 1.79. The fourth-order valence-corrected chi connectivity index (χ4v) is 3.12. The molecule has 4 nitrogen and oxygen atoms in total. The molecule has 0 atom stereocenters. The Labute approximate surface area is 152 Å². The van der Waals surface area contributed by atoms with Crippen molar-refractivity contribution in [3.63, 3.8) is 0 Å². The maximum atomic E-state index is 12.4.